The average molecular weight is 292 g/mol. The fourth-order valence-electron chi connectivity index (χ4n) is 0.627. The van der Waals surface area contributed by atoms with Gasteiger partial charge in [0.05, 0.1) is 21.4 Å². The topological polar surface area (TPSA) is 29.4 Å². The number of thiol groups is 1. The number of halogens is 4. The highest BCUT2D eigenvalue weighted by molar-refractivity contribution is 8.00. The molecule has 0 spiro atoms. The van der Waals surface area contributed by atoms with Crippen molar-refractivity contribution >= 4 is 40.1 Å². The maximum absolute atomic E-state index is 12.4. The lowest BCUT2D eigenvalue weighted by Gasteiger charge is -1.98. The molecule has 0 aliphatic rings. The molecular formula is C8H9ClF3NOS2. The summed E-state index contributed by atoms with van der Waals surface area (Å²) in [5.74, 6) is -1.81. The van der Waals surface area contributed by atoms with Crippen molar-refractivity contribution in [3.05, 3.63) is 22.5 Å². The van der Waals surface area contributed by atoms with Gasteiger partial charge in [0.2, 0.25) is 0 Å². The van der Waals surface area contributed by atoms with Gasteiger partial charge in [-0.05, 0) is 6.92 Å². The summed E-state index contributed by atoms with van der Waals surface area (Å²) in [5, 5.41) is 0.166. The molecule has 8 heteroatoms. The number of hydrogen-bond acceptors (Lipinski definition) is 3. The minimum Gasteiger partial charge on any atom is -0.253 e. The molecule has 2 nitrogen and oxygen atoms in total. The van der Waals surface area contributed by atoms with Gasteiger partial charge in [-0.25, -0.2) is 4.39 Å². The van der Waals surface area contributed by atoms with E-state index in [1.165, 1.54) is 6.92 Å². The van der Waals surface area contributed by atoms with E-state index < -0.39 is 29.1 Å². The Morgan fingerprint density at radius 3 is 2.50 bits per heavy atom. The van der Waals surface area contributed by atoms with Crippen LogP contribution in [0.1, 0.15) is 13.3 Å². The molecule has 0 saturated carbocycles. The van der Waals surface area contributed by atoms with Gasteiger partial charge >= 0.3 is 6.08 Å². The van der Waals surface area contributed by atoms with E-state index in [4.69, 9.17) is 11.6 Å². The van der Waals surface area contributed by atoms with E-state index in [0.717, 1.165) is 6.20 Å². The van der Waals surface area contributed by atoms with Crippen molar-refractivity contribution in [2.45, 2.75) is 13.3 Å². The zero-order valence-corrected chi connectivity index (χ0v) is 10.7. The van der Waals surface area contributed by atoms with Crippen molar-refractivity contribution in [1.82, 2.24) is 0 Å². The van der Waals surface area contributed by atoms with E-state index >= 15 is 0 Å². The number of nitrogens with zero attached hydrogens (tertiary/aromatic N) is 1. The van der Waals surface area contributed by atoms with Crippen molar-refractivity contribution in [3.8, 4) is 0 Å². The van der Waals surface area contributed by atoms with Gasteiger partial charge in [0.25, 0.3) is 0 Å². The first-order valence-electron chi connectivity index (χ1n) is 4.01. The van der Waals surface area contributed by atoms with Crippen molar-refractivity contribution in [2.75, 3.05) is 5.75 Å². The van der Waals surface area contributed by atoms with Gasteiger partial charge in [-0.1, -0.05) is 11.6 Å². The predicted octanol–water partition coefficient (Wildman–Crippen LogP) is 3.59. The maximum Gasteiger partial charge on any atom is 0.301 e. The highest BCUT2D eigenvalue weighted by Crippen LogP contribution is 2.13. The zero-order valence-electron chi connectivity index (χ0n) is 8.21. The van der Waals surface area contributed by atoms with Crippen LogP contribution >= 0.6 is 24.2 Å². The summed E-state index contributed by atoms with van der Waals surface area (Å²) in [6.45, 7) is 1.42. The van der Waals surface area contributed by atoms with Crippen LogP contribution in [0.4, 0.5) is 13.2 Å². The van der Waals surface area contributed by atoms with Crippen molar-refractivity contribution in [2.24, 2.45) is 4.99 Å². The first-order valence-corrected chi connectivity index (χ1v) is 6.16. The highest BCUT2D eigenvalue weighted by Gasteiger charge is 2.09. The molecule has 0 N–H and O–H groups in total. The number of aliphatic imine (C=N–C) groups is 1. The fourth-order valence-corrected chi connectivity index (χ4v) is 1.56. The average Bonchev–Trinajstić information content (AvgIpc) is 2.21. The molecule has 0 bridgehead atoms. The van der Waals surface area contributed by atoms with Crippen LogP contribution in [0.5, 0.6) is 0 Å². The van der Waals surface area contributed by atoms with Crippen LogP contribution in [0.3, 0.4) is 0 Å². The number of rotatable bonds is 4. The molecule has 1 unspecified atom stereocenters. The summed E-state index contributed by atoms with van der Waals surface area (Å²) in [4.78, 5) is 3.67. The lowest BCUT2D eigenvalue weighted by Crippen LogP contribution is -2.07. The first-order chi connectivity index (χ1) is 7.34. The number of allylic oxidation sites excluding steroid dienone is 1. The normalized spacial score (nSPS) is 14.9. The molecule has 1 atom stereocenters. The van der Waals surface area contributed by atoms with Gasteiger partial charge in [-0.15, -0.1) is 12.6 Å². The molecule has 16 heavy (non-hydrogen) atoms. The van der Waals surface area contributed by atoms with E-state index in [0.29, 0.717) is 0 Å². The van der Waals surface area contributed by atoms with Crippen LogP contribution in [-0.2, 0) is 10.8 Å². The van der Waals surface area contributed by atoms with Crippen LogP contribution in [0.25, 0.3) is 0 Å². The second-order valence-corrected chi connectivity index (χ2v) is 5.41. The largest absolute Gasteiger partial charge is 0.301 e. The van der Waals surface area contributed by atoms with Gasteiger partial charge in [0.1, 0.15) is 5.04 Å². The van der Waals surface area contributed by atoms with Crippen LogP contribution in [0.15, 0.2) is 27.5 Å². The monoisotopic (exact) mass is 291 g/mol. The molecule has 0 aromatic rings. The minimum atomic E-state index is -2.38. The summed E-state index contributed by atoms with van der Waals surface area (Å²) in [6.07, 6.45) is -1.81. The van der Waals surface area contributed by atoms with Crippen LogP contribution in [-0.4, -0.2) is 15.0 Å². The second-order valence-electron chi connectivity index (χ2n) is 2.56. The lowest BCUT2D eigenvalue weighted by molar-refractivity contribution is 0.373. The van der Waals surface area contributed by atoms with Gasteiger partial charge in [0.15, 0.2) is 5.83 Å². The molecule has 0 aromatic carbocycles. The molecule has 0 aromatic heterocycles. The molecule has 0 radical (unpaired) electrons. The SMILES string of the molecule is CC(=N/C=C(\S)Cl)S(=O)CCC(F)=C(F)F. The Morgan fingerprint density at radius 1 is 1.50 bits per heavy atom. The maximum atomic E-state index is 12.4. The third-order valence-corrected chi connectivity index (χ3v) is 2.95. The summed E-state index contributed by atoms with van der Waals surface area (Å²) in [6, 6.07) is 0. The van der Waals surface area contributed by atoms with E-state index in [1.54, 1.807) is 0 Å². The Labute approximate surface area is 104 Å². The molecule has 92 valence electrons. The van der Waals surface area contributed by atoms with E-state index in [2.05, 4.69) is 17.6 Å². The Kier molecular flexibility index (Phi) is 7.78. The Balaban J connectivity index is 4.34. The molecule has 0 amide bonds. The summed E-state index contributed by atoms with van der Waals surface area (Å²) < 4.78 is 47.1. The highest BCUT2D eigenvalue weighted by atomic mass is 35.5. The van der Waals surface area contributed by atoms with Gasteiger partial charge in [-0.2, -0.15) is 8.78 Å². The molecule has 0 fully saturated rings. The van der Waals surface area contributed by atoms with E-state index in [-0.39, 0.29) is 15.2 Å². The van der Waals surface area contributed by atoms with E-state index in [9.17, 15) is 17.4 Å². The van der Waals surface area contributed by atoms with Crippen molar-refractivity contribution in [3.63, 3.8) is 0 Å². The van der Waals surface area contributed by atoms with Crippen LogP contribution in [0.2, 0.25) is 0 Å². The predicted molar refractivity (Wildman–Crippen MR) is 64.0 cm³/mol. The quantitative estimate of drug-likeness (QED) is 0.479. The molecule has 0 rings (SSSR count). The summed E-state index contributed by atoms with van der Waals surface area (Å²) >= 11 is 9.05. The molecule has 0 aliphatic heterocycles. The van der Waals surface area contributed by atoms with Gasteiger partial charge in [-0.3, -0.25) is 9.20 Å². The molecule has 0 saturated heterocycles. The lowest BCUT2D eigenvalue weighted by atomic mass is 10.4. The Bertz CT molecular complexity index is 360. The van der Waals surface area contributed by atoms with E-state index in [1.807, 2.05) is 0 Å². The second kappa shape index (κ2) is 7.92. The third kappa shape index (κ3) is 7.08. The third-order valence-electron chi connectivity index (χ3n) is 1.39. The molecule has 0 aliphatic carbocycles. The van der Waals surface area contributed by atoms with Crippen molar-refractivity contribution < 1.29 is 17.4 Å². The molecular weight excluding hydrogens is 283 g/mol. The molecule has 0 heterocycles. The number of hydrogen-bond donors (Lipinski definition) is 1. The van der Waals surface area contributed by atoms with Crippen molar-refractivity contribution in [1.29, 1.82) is 0 Å². The summed E-state index contributed by atoms with van der Waals surface area (Å²) in [7, 11) is -1.61. The Hall–Kier alpha value is -0.270. The van der Waals surface area contributed by atoms with Gasteiger partial charge in [0, 0.05) is 12.2 Å². The smallest absolute Gasteiger partial charge is 0.253 e. The minimum absolute atomic E-state index is 0.0947. The first kappa shape index (κ1) is 15.7. The van der Waals surface area contributed by atoms with Crippen LogP contribution in [0, 0.1) is 0 Å². The van der Waals surface area contributed by atoms with Crippen LogP contribution < -0.4 is 0 Å². The van der Waals surface area contributed by atoms with Gasteiger partial charge < -0.3 is 0 Å². The summed E-state index contributed by atoms with van der Waals surface area (Å²) in [5.41, 5.74) is 0. The fraction of sp³-hybridized carbons (Fsp3) is 0.375. The standard InChI is InChI=1S/C8H9ClF3NOS2/c1-5(13-4-7(9)15)16(14)3-2-6(10)8(11)12/h4,15H,2-3H2,1H3/b7-4-,13-5?. The Morgan fingerprint density at radius 2 is 2.06 bits per heavy atom. The zero-order chi connectivity index (χ0) is 12.7.